The molecule has 142 valence electrons. The van der Waals surface area contributed by atoms with Crippen molar-refractivity contribution in [1.82, 2.24) is 0 Å². The normalized spacial score (nSPS) is 10.0. The van der Waals surface area contributed by atoms with Crippen LogP contribution in [-0.2, 0) is 9.53 Å². The number of amides is 2. The predicted molar refractivity (Wildman–Crippen MR) is 99.3 cm³/mol. The zero-order chi connectivity index (χ0) is 19.8. The average Bonchev–Trinajstić information content (AvgIpc) is 2.62. The minimum absolute atomic E-state index is 0.0276. The van der Waals surface area contributed by atoms with E-state index in [0.717, 1.165) is 6.07 Å². The van der Waals surface area contributed by atoms with Gasteiger partial charge < -0.3 is 14.8 Å². The average molecular weight is 394 g/mol. The van der Waals surface area contributed by atoms with Crippen LogP contribution in [0, 0.1) is 10.1 Å². The molecule has 2 N–H and O–H groups in total. The number of anilines is 2. The molecule has 0 atom stereocenters. The Labute approximate surface area is 159 Å². The summed E-state index contributed by atoms with van der Waals surface area (Å²) >= 11 is 5.72. The molecule has 2 amide bonds. The van der Waals surface area contributed by atoms with E-state index in [1.165, 1.54) is 18.2 Å². The van der Waals surface area contributed by atoms with Crippen LogP contribution < -0.4 is 15.4 Å². The van der Waals surface area contributed by atoms with Crippen molar-refractivity contribution in [2.75, 3.05) is 23.8 Å². The summed E-state index contributed by atoms with van der Waals surface area (Å²) in [6.45, 7) is 1.59. The molecule has 27 heavy (non-hydrogen) atoms. The molecule has 0 bridgehead atoms. The second-order valence-corrected chi connectivity index (χ2v) is 5.54. The topological polar surface area (TPSA) is 120 Å². The molecule has 2 aromatic rings. The largest absolute Gasteiger partial charge is 0.484 e. The van der Waals surface area contributed by atoms with E-state index < -0.39 is 16.9 Å². The second kappa shape index (κ2) is 9.39. The number of nitrogens with zero attached hydrogens (tertiary/aromatic N) is 1. The van der Waals surface area contributed by atoms with E-state index in [0.29, 0.717) is 11.4 Å². The van der Waals surface area contributed by atoms with E-state index in [4.69, 9.17) is 21.1 Å². The van der Waals surface area contributed by atoms with Gasteiger partial charge in [0, 0.05) is 23.5 Å². The molecular formula is C17H16ClN3O6. The number of carbonyl (C=O) groups excluding carboxylic acids is 2. The Kier molecular flexibility index (Phi) is 6.95. The van der Waals surface area contributed by atoms with Crippen LogP contribution >= 0.6 is 11.6 Å². The molecule has 0 fully saturated rings. The van der Waals surface area contributed by atoms with Gasteiger partial charge in [0.15, 0.2) is 6.61 Å². The third kappa shape index (κ3) is 6.15. The van der Waals surface area contributed by atoms with Gasteiger partial charge in [0.05, 0.1) is 11.5 Å². The van der Waals surface area contributed by atoms with Crippen molar-refractivity contribution in [1.29, 1.82) is 0 Å². The lowest BCUT2D eigenvalue weighted by molar-refractivity contribution is -0.384. The summed E-state index contributed by atoms with van der Waals surface area (Å²) in [5.41, 5.74) is 0.352. The number of benzene rings is 2. The molecule has 0 saturated carbocycles. The summed E-state index contributed by atoms with van der Waals surface area (Å²) in [5, 5.41) is 15.8. The van der Waals surface area contributed by atoms with Crippen LogP contribution in [0.2, 0.25) is 5.02 Å². The van der Waals surface area contributed by atoms with Gasteiger partial charge in [-0.2, -0.15) is 0 Å². The zero-order valence-corrected chi connectivity index (χ0v) is 15.0. The van der Waals surface area contributed by atoms with Crippen molar-refractivity contribution in [3.63, 3.8) is 0 Å². The van der Waals surface area contributed by atoms with Crippen LogP contribution in [0.5, 0.6) is 5.75 Å². The Morgan fingerprint density at radius 1 is 1.15 bits per heavy atom. The van der Waals surface area contributed by atoms with Gasteiger partial charge in [-0.05, 0) is 31.2 Å². The Balaban J connectivity index is 1.93. The van der Waals surface area contributed by atoms with Crippen LogP contribution in [-0.4, -0.2) is 30.1 Å². The first-order chi connectivity index (χ1) is 12.9. The van der Waals surface area contributed by atoms with Crippen LogP contribution in [0.15, 0.2) is 42.5 Å². The summed E-state index contributed by atoms with van der Waals surface area (Å²) < 4.78 is 10.1. The van der Waals surface area contributed by atoms with E-state index in [1.807, 2.05) is 0 Å². The van der Waals surface area contributed by atoms with E-state index in [2.05, 4.69) is 10.6 Å². The lowest BCUT2D eigenvalue weighted by Gasteiger charge is -2.10. The Morgan fingerprint density at radius 2 is 1.89 bits per heavy atom. The Morgan fingerprint density at radius 3 is 2.59 bits per heavy atom. The van der Waals surface area contributed by atoms with Gasteiger partial charge in [-0.15, -0.1) is 0 Å². The van der Waals surface area contributed by atoms with Crippen molar-refractivity contribution in [3.05, 3.63) is 57.6 Å². The number of halogens is 1. The van der Waals surface area contributed by atoms with Crippen molar-refractivity contribution in [2.24, 2.45) is 0 Å². The number of ether oxygens (including phenoxy) is 2. The van der Waals surface area contributed by atoms with Gasteiger partial charge >= 0.3 is 6.09 Å². The number of hydrogen-bond acceptors (Lipinski definition) is 6. The maximum atomic E-state index is 12.0. The maximum Gasteiger partial charge on any atom is 0.411 e. The molecule has 10 heteroatoms. The van der Waals surface area contributed by atoms with Gasteiger partial charge in [0.2, 0.25) is 0 Å². The molecule has 9 nitrogen and oxygen atoms in total. The lowest BCUT2D eigenvalue weighted by atomic mass is 10.3. The number of nitro benzene ring substituents is 1. The monoisotopic (exact) mass is 393 g/mol. The third-order valence-corrected chi connectivity index (χ3v) is 3.47. The molecule has 0 aromatic heterocycles. The minimum atomic E-state index is -0.642. The van der Waals surface area contributed by atoms with Gasteiger partial charge in [0.1, 0.15) is 10.8 Å². The van der Waals surface area contributed by atoms with Crippen LogP contribution in [0.25, 0.3) is 0 Å². The summed E-state index contributed by atoms with van der Waals surface area (Å²) in [5.74, 6) is -0.170. The molecule has 0 spiro atoms. The smallest absolute Gasteiger partial charge is 0.411 e. The number of nitro groups is 1. The van der Waals surface area contributed by atoms with Gasteiger partial charge in [0.25, 0.3) is 11.6 Å². The standard InChI is InChI=1S/C17H16ClN3O6/c1-2-26-17(23)20-11-4-3-5-13(8-11)27-10-16(22)19-12-6-7-14(18)15(9-12)21(24)25/h3-9H,2,10H2,1H3,(H,19,22)(H,20,23). The maximum absolute atomic E-state index is 12.0. The van der Waals surface area contributed by atoms with Crippen LogP contribution in [0.4, 0.5) is 21.9 Å². The van der Waals surface area contributed by atoms with Crippen molar-refractivity contribution in [3.8, 4) is 5.75 Å². The Bertz CT molecular complexity index is 858. The summed E-state index contributed by atoms with van der Waals surface area (Å²) in [7, 11) is 0. The van der Waals surface area contributed by atoms with Gasteiger partial charge in [-0.25, -0.2) is 4.79 Å². The molecule has 0 aliphatic carbocycles. The molecule has 2 rings (SSSR count). The molecule has 0 aliphatic rings. The first-order valence-electron chi connectivity index (χ1n) is 7.79. The molecular weight excluding hydrogens is 378 g/mol. The van der Waals surface area contributed by atoms with E-state index >= 15 is 0 Å². The highest BCUT2D eigenvalue weighted by Crippen LogP contribution is 2.27. The molecule has 0 heterocycles. The quantitative estimate of drug-likeness (QED) is 0.544. The fourth-order valence-electron chi connectivity index (χ4n) is 2.02. The van der Waals surface area contributed by atoms with Gasteiger partial charge in [-0.3, -0.25) is 20.2 Å². The highest BCUT2D eigenvalue weighted by atomic mass is 35.5. The molecule has 0 saturated heterocycles. The second-order valence-electron chi connectivity index (χ2n) is 5.13. The predicted octanol–water partition coefficient (Wildman–Crippen LogP) is 3.83. The third-order valence-electron chi connectivity index (χ3n) is 3.15. The highest BCUT2D eigenvalue weighted by Gasteiger charge is 2.14. The van der Waals surface area contributed by atoms with E-state index in [-0.39, 0.29) is 29.6 Å². The van der Waals surface area contributed by atoms with Crippen molar-refractivity contribution in [2.45, 2.75) is 6.92 Å². The Hall–Kier alpha value is -3.33. The molecule has 2 aromatic carbocycles. The van der Waals surface area contributed by atoms with Gasteiger partial charge in [-0.1, -0.05) is 17.7 Å². The van der Waals surface area contributed by atoms with Crippen molar-refractivity contribution >= 4 is 40.7 Å². The number of hydrogen-bond donors (Lipinski definition) is 2. The SMILES string of the molecule is CCOC(=O)Nc1cccc(OCC(=O)Nc2ccc(Cl)c([N+](=O)[O-])c2)c1. The van der Waals surface area contributed by atoms with Crippen LogP contribution in [0.3, 0.4) is 0 Å². The zero-order valence-electron chi connectivity index (χ0n) is 14.2. The first kappa shape index (κ1) is 20.0. The number of rotatable bonds is 7. The number of carbonyl (C=O) groups is 2. The summed E-state index contributed by atoms with van der Waals surface area (Å²) in [4.78, 5) is 33.6. The van der Waals surface area contributed by atoms with E-state index in [1.54, 1.807) is 25.1 Å². The lowest BCUT2D eigenvalue weighted by Crippen LogP contribution is -2.20. The fourth-order valence-corrected chi connectivity index (χ4v) is 2.21. The minimum Gasteiger partial charge on any atom is -0.484 e. The van der Waals surface area contributed by atoms with E-state index in [9.17, 15) is 19.7 Å². The summed E-state index contributed by atoms with van der Waals surface area (Å²) in [6.07, 6.45) is -0.600. The first-order valence-corrected chi connectivity index (χ1v) is 8.17. The van der Waals surface area contributed by atoms with Crippen LogP contribution in [0.1, 0.15) is 6.92 Å². The molecule has 0 unspecified atom stereocenters. The molecule has 0 radical (unpaired) electrons. The number of nitrogens with one attached hydrogen (secondary N) is 2. The highest BCUT2D eigenvalue weighted by molar-refractivity contribution is 6.32. The van der Waals surface area contributed by atoms with Crippen molar-refractivity contribution < 1.29 is 24.0 Å². The summed E-state index contributed by atoms with van der Waals surface area (Å²) in [6, 6.07) is 10.3. The molecule has 0 aliphatic heterocycles. The fraction of sp³-hybridized carbons (Fsp3) is 0.176.